The van der Waals surface area contributed by atoms with Gasteiger partial charge in [0.1, 0.15) is 0 Å². The summed E-state index contributed by atoms with van der Waals surface area (Å²) < 4.78 is 22.5. The van der Waals surface area contributed by atoms with Gasteiger partial charge >= 0.3 is 0 Å². The predicted octanol–water partition coefficient (Wildman–Crippen LogP) is 4.65. The maximum atomic E-state index is 5.67. The lowest BCUT2D eigenvalue weighted by atomic mass is 10.3. The summed E-state index contributed by atoms with van der Waals surface area (Å²) in [4.78, 5) is 0. The van der Waals surface area contributed by atoms with E-state index in [1.165, 1.54) is 37.8 Å². The highest BCUT2D eigenvalue weighted by Gasteiger charge is 2.19. The number of unbranched alkanes of at least 4 members (excludes halogenated alkanes) is 4. The molecule has 0 heterocycles. The van der Waals surface area contributed by atoms with Gasteiger partial charge in [-0.3, -0.25) is 0 Å². The largest absolute Gasteiger partial charge is 0.420 e. The van der Waals surface area contributed by atoms with Gasteiger partial charge in [-0.05, 0) is 51.1 Å². The van der Waals surface area contributed by atoms with E-state index in [9.17, 15) is 0 Å². The smallest absolute Gasteiger partial charge is 0.186 e. The summed E-state index contributed by atoms with van der Waals surface area (Å²) in [7, 11) is 0.974. The van der Waals surface area contributed by atoms with Crippen LogP contribution in [0.5, 0.6) is 0 Å². The first-order valence-corrected chi connectivity index (χ1v) is 17.0. The van der Waals surface area contributed by atoms with E-state index in [2.05, 4.69) is 31.5 Å². The molecule has 27 heavy (non-hydrogen) atoms. The monoisotopic (exact) mass is 421 g/mol. The van der Waals surface area contributed by atoms with E-state index in [0.29, 0.717) is 0 Å². The van der Waals surface area contributed by atoms with Crippen molar-refractivity contribution in [3.8, 4) is 0 Å². The molecule has 0 unspecified atom stereocenters. The van der Waals surface area contributed by atoms with Gasteiger partial charge in [-0.2, -0.15) is 0 Å². The molecule has 0 aromatic rings. The molecule has 1 N–H and O–H groups in total. The van der Waals surface area contributed by atoms with Gasteiger partial charge in [0.15, 0.2) is 16.6 Å². The third-order valence-electron chi connectivity index (χ3n) is 5.09. The highest BCUT2D eigenvalue weighted by Crippen LogP contribution is 2.15. The van der Waals surface area contributed by atoms with Crippen LogP contribution in [0.1, 0.15) is 38.5 Å². The zero-order chi connectivity index (χ0) is 20.4. The van der Waals surface area contributed by atoms with Crippen molar-refractivity contribution in [2.24, 2.45) is 0 Å². The molecule has 7 heteroatoms. The normalized spacial score (nSPS) is 12.7. The van der Waals surface area contributed by atoms with Crippen LogP contribution in [0.4, 0.5) is 0 Å². The summed E-state index contributed by atoms with van der Waals surface area (Å²) in [6.07, 6.45) is 7.32. The number of nitrogens with one attached hydrogen (secondary N) is 1. The molecule has 0 spiro atoms. The second-order valence-electron chi connectivity index (χ2n) is 8.52. The Morgan fingerprint density at radius 1 is 0.556 bits per heavy atom. The Labute approximate surface area is 171 Å². The maximum Gasteiger partial charge on any atom is 0.186 e. The average Bonchev–Trinajstić information content (AvgIpc) is 2.64. The van der Waals surface area contributed by atoms with Gasteiger partial charge in [0.2, 0.25) is 0 Å². The molecule has 0 rings (SSSR count). The third-order valence-corrected chi connectivity index (χ3v) is 10.4. The summed E-state index contributed by atoms with van der Waals surface area (Å²) in [5.74, 6) is 0. The van der Waals surface area contributed by atoms with Crippen LogP contribution < -0.4 is 5.32 Å². The van der Waals surface area contributed by atoms with Crippen LogP contribution in [0.25, 0.3) is 0 Å². The van der Waals surface area contributed by atoms with Crippen molar-refractivity contribution in [3.63, 3.8) is 0 Å². The Kier molecular flexibility index (Phi) is 17.3. The highest BCUT2D eigenvalue weighted by atomic mass is 28.4. The van der Waals surface area contributed by atoms with Gasteiger partial charge in [0, 0.05) is 40.5 Å². The average molecular weight is 422 g/mol. The first kappa shape index (κ1) is 27.2. The predicted molar refractivity (Wildman–Crippen MR) is 121 cm³/mol. The standard InChI is InChI=1S/C20H47NO4Si2/c1-22-26(3,4)19-11-7-9-15-24-17-13-21-14-18-25-16-10-8-12-20-27(5,6)23-2/h21H,7-20H2,1-6H3. The summed E-state index contributed by atoms with van der Waals surface area (Å²) in [5, 5.41) is 3.37. The van der Waals surface area contributed by atoms with Crippen molar-refractivity contribution < 1.29 is 18.3 Å². The van der Waals surface area contributed by atoms with Gasteiger partial charge in [0.05, 0.1) is 13.2 Å². The van der Waals surface area contributed by atoms with Crippen molar-refractivity contribution in [2.45, 2.75) is 76.8 Å². The van der Waals surface area contributed by atoms with Gasteiger partial charge < -0.3 is 23.6 Å². The zero-order valence-corrected chi connectivity index (χ0v) is 21.0. The molecule has 0 aromatic heterocycles. The SMILES string of the molecule is CO[Si](C)(C)CCCCCOCCNCCOCCCCC[Si](C)(C)OC. The van der Waals surface area contributed by atoms with Crippen LogP contribution in [0, 0.1) is 0 Å². The van der Waals surface area contributed by atoms with E-state index in [1.54, 1.807) is 0 Å². The zero-order valence-electron chi connectivity index (χ0n) is 19.0. The third kappa shape index (κ3) is 19.3. The summed E-state index contributed by atoms with van der Waals surface area (Å²) in [6, 6.07) is 2.50. The molecule has 0 saturated carbocycles. The van der Waals surface area contributed by atoms with Crippen LogP contribution >= 0.6 is 0 Å². The molecular weight excluding hydrogens is 374 g/mol. The lowest BCUT2D eigenvalue weighted by Gasteiger charge is -2.19. The molecule has 0 atom stereocenters. The van der Waals surface area contributed by atoms with Crippen molar-refractivity contribution in [1.82, 2.24) is 5.32 Å². The van der Waals surface area contributed by atoms with Crippen molar-refractivity contribution >= 4 is 16.6 Å². The van der Waals surface area contributed by atoms with Crippen LogP contribution in [-0.4, -0.2) is 70.4 Å². The number of ether oxygens (including phenoxy) is 2. The summed E-state index contributed by atoms with van der Waals surface area (Å²) in [5.41, 5.74) is 0. The van der Waals surface area contributed by atoms with Crippen molar-refractivity contribution in [2.75, 3.05) is 53.7 Å². The molecule has 0 aliphatic heterocycles. The summed E-state index contributed by atoms with van der Waals surface area (Å²) in [6.45, 7) is 14.3. The van der Waals surface area contributed by atoms with E-state index in [-0.39, 0.29) is 0 Å². The Hall–Kier alpha value is 0.234. The number of hydrogen-bond acceptors (Lipinski definition) is 5. The minimum absolute atomic E-state index is 0.789. The minimum atomic E-state index is -1.36. The second kappa shape index (κ2) is 17.1. The maximum absolute atomic E-state index is 5.67. The van der Waals surface area contributed by atoms with Crippen LogP contribution in [0.3, 0.4) is 0 Å². The second-order valence-corrected chi connectivity index (χ2v) is 17.4. The molecule has 0 bridgehead atoms. The van der Waals surface area contributed by atoms with E-state index in [1.807, 2.05) is 14.2 Å². The fourth-order valence-corrected chi connectivity index (χ4v) is 5.30. The van der Waals surface area contributed by atoms with E-state index < -0.39 is 16.6 Å². The van der Waals surface area contributed by atoms with Crippen molar-refractivity contribution in [1.29, 1.82) is 0 Å². The van der Waals surface area contributed by atoms with E-state index in [4.69, 9.17) is 18.3 Å². The van der Waals surface area contributed by atoms with E-state index >= 15 is 0 Å². The van der Waals surface area contributed by atoms with Crippen LogP contribution in [0.2, 0.25) is 38.3 Å². The molecule has 0 aliphatic rings. The molecule has 0 radical (unpaired) electrons. The fourth-order valence-electron chi connectivity index (χ4n) is 2.69. The Morgan fingerprint density at radius 3 is 1.33 bits per heavy atom. The fraction of sp³-hybridized carbons (Fsp3) is 1.00. The molecule has 0 aliphatic carbocycles. The number of hydrogen-bond donors (Lipinski definition) is 1. The van der Waals surface area contributed by atoms with Gasteiger partial charge in [0.25, 0.3) is 0 Å². The molecule has 0 amide bonds. The minimum Gasteiger partial charge on any atom is -0.420 e. The van der Waals surface area contributed by atoms with Gasteiger partial charge in [-0.25, -0.2) is 0 Å². The van der Waals surface area contributed by atoms with E-state index in [0.717, 1.165) is 52.4 Å². The Balaban J connectivity index is 3.15. The lowest BCUT2D eigenvalue weighted by molar-refractivity contribution is 0.117. The number of rotatable bonds is 20. The lowest BCUT2D eigenvalue weighted by Crippen LogP contribution is -2.27. The first-order chi connectivity index (χ1) is 12.8. The Morgan fingerprint density at radius 2 is 0.963 bits per heavy atom. The molecular formula is C20H47NO4Si2. The van der Waals surface area contributed by atoms with Crippen LogP contribution in [-0.2, 0) is 18.3 Å². The topological polar surface area (TPSA) is 49.0 Å². The molecule has 0 aromatic carbocycles. The van der Waals surface area contributed by atoms with Crippen LogP contribution in [0.15, 0.2) is 0 Å². The Bertz CT molecular complexity index is 301. The first-order valence-electron chi connectivity index (χ1n) is 10.8. The van der Waals surface area contributed by atoms with Gasteiger partial charge in [-0.15, -0.1) is 0 Å². The molecule has 0 fully saturated rings. The molecule has 164 valence electrons. The quantitative estimate of drug-likeness (QED) is 0.229. The molecule has 5 nitrogen and oxygen atoms in total. The highest BCUT2D eigenvalue weighted by molar-refractivity contribution is 6.71. The summed E-state index contributed by atoms with van der Waals surface area (Å²) >= 11 is 0. The van der Waals surface area contributed by atoms with Crippen molar-refractivity contribution in [3.05, 3.63) is 0 Å². The van der Waals surface area contributed by atoms with Gasteiger partial charge in [-0.1, -0.05) is 25.7 Å². The molecule has 0 saturated heterocycles.